The third-order valence-corrected chi connectivity index (χ3v) is 4.02. The van der Waals surface area contributed by atoms with Gasteiger partial charge in [0.2, 0.25) is 0 Å². The van der Waals surface area contributed by atoms with Crippen LogP contribution in [-0.4, -0.2) is 15.6 Å². The van der Waals surface area contributed by atoms with Crippen molar-refractivity contribution in [2.24, 2.45) is 0 Å². The smallest absolute Gasteiger partial charge is 0.335 e. The lowest BCUT2D eigenvalue weighted by Gasteiger charge is -2.14. The highest BCUT2D eigenvalue weighted by Gasteiger charge is 2.12. The number of aryl methyl sites for hydroxylation is 2. The van der Waals surface area contributed by atoms with Crippen LogP contribution in [0, 0.1) is 0 Å². The zero-order valence-corrected chi connectivity index (χ0v) is 13.3. The van der Waals surface area contributed by atoms with Crippen LogP contribution in [0.3, 0.4) is 0 Å². The molecule has 1 aromatic carbocycles. The van der Waals surface area contributed by atoms with Crippen molar-refractivity contribution < 1.29 is 9.90 Å². The van der Waals surface area contributed by atoms with E-state index in [1.165, 1.54) is 12.5 Å². The highest BCUT2D eigenvalue weighted by Crippen LogP contribution is 2.21. The van der Waals surface area contributed by atoms with Gasteiger partial charge >= 0.3 is 5.97 Å². The number of fused-ring (bicyclic) bond motifs is 1. The Morgan fingerprint density at radius 2 is 1.91 bits per heavy atom. The first-order valence-corrected chi connectivity index (χ1v) is 7.98. The number of pyridine rings is 1. The van der Waals surface area contributed by atoms with Crippen molar-refractivity contribution in [3.8, 4) is 0 Å². The van der Waals surface area contributed by atoms with Crippen molar-refractivity contribution in [2.45, 2.75) is 52.5 Å². The SMILES string of the molecule is CCCCCCn1c(=O)ccc2cc(C(=O)O)cc(CC)c21. The normalized spacial score (nSPS) is 11.0. The lowest BCUT2D eigenvalue weighted by Crippen LogP contribution is -2.20. The maximum Gasteiger partial charge on any atom is 0.335 e. The predicted octanol–water partition coefficient (Wildman–Crippen LogP) is 3.84. The molecule has 2 aromatic rings. The highest BCUT2D eigenvalue weighted by molar-refractivity contribution is 5.94. The van der Waals surface area contributed by atoms with Crippen LogP contribution in [0.5, 0.6) is 0 Å². The number of aromatic nitrogens is 1. The standard InChI is InChI=1S/C18H23NO3/c1-3-5-6-7-10-19-16(20)9-8-14-12-15(18(21)22)11-13(4-2)17(14)19/h8-9,11-12H,3-7,10H2,1-2H3,(H,21,22). The number of unbranched alkanes of at least 4 members (excludes halogenated alkanes) is 3. The molecule has 2 rings (SSSR count). The van der Waals surface area contributed by atoms with Crippen molar-refractivity contribution in [3.05, 3.63) is 45.7 Å². The van der Waals surface area contributed by atoms with Gasteiger partial charge in [0.15, 0.2) is 0 Å². The fourth-order valence-corrected chi connectivity index (χ4v) is 2.85. The number of nitrogens with zero attached hydrogens (tertiary/aromatic N) is 1. The molecule has 0 atom stereocenters. The fourth-order valence-electron chi connectivity index (χ4n) is 2.85. The molecule has 0 amide bonds. The Balaban J connectivity index is 2.52. The highest BCUT2D eigenvalue weighted by atomic mass is 16.4. The number of rotatable bonds is 7. The third kappa shape index (κ3) is 3.38. The van der Waals surface area contributed by atoms with E-state index in [2.05, 4.69) is 6.92 Å². The van der Waals surface area contributed by atoms with Crippen LogP contribution >= 0.6 is 0 Å². The van der Waals surface area contributed by atoms with Crippen LogP contribution in [0.2, 0.25) is 0 Å². The molecular weight excluding hydrogens is 278 g/mol. The molecule has 4 nitrogen and oxygen atoms in total. The van der Waals surface area contributed by atoms with Crippen LogP contribution in [0.1, 0.15) is 55.5 Å². The number of aromatic carboxylic acids is 1. The molecule has 1 N–H and O–H groups in total. The summed E-state index contributed by atoms with van der Waals surface area (Å²) in [4.78, 5) is 23.5. The Morgan fingerprint density at radius 1 is 1.14 bits per heavy atom. The predicted molar refractivity (Wildman–Crippen MR) is 88.7 cm³/mol. The molecule has 0 aliphatic carbocycles. The van der Waals surface area contributed by atoms with E-state index < -0.39 is 5.97 Å². The first-order valence-electron chi connectivity index (χ1n) is 7.98. The van der Waals surface area contributed by atoms with E-state index in [0.717, 1.165) is 35.7 Å². The van der Waals surface area contributed by atoms with Gasteiger partial charge in [-0.3, -0.25) is 4.79 Å². The lowest BCUT2D eigenvalue weighted by molar-refractivity contribution is 0.0697. The Kier molecular flexibility index (Phi) is 5.36. The molecular formula is C18H23NO3. The Labute approximate surface area is 130 Å². The first-order chi connectivity index (χ1) is 10.6. The van der Waals surface area contributed by atoms with Gasteiger partial charge in [-0.2, -0.15) is 0 Å². The molecule has 0 aliphatic rings. The van der Waals surface area contributed by atoms with Crippen molar-refractivity contribution in [2.75, 3.05) is 0 Å². The summed E-state index contributed by atoms with van der Waals surface area (Å²) in [6.07, 6.45) is 5.11. The Morgan fingerprint density at radius 3 is 2.55 bits per heavy atom. The third-order valence-electron chi connectivity index (χ3n) is 4.02. The second kappa shape index (κ2) is 7.25. The topological polar surface area (TPSA) is 59.3 Å². The Hall–Kier alpha value is -2.10. The maximum absolute atomic E-state index is 12.2. The molecule has 0 bridgehead atoms. The quantitative estimate of drug-likeness (QED) is 0.790. The average Bonchev–Trinajstić information content (AvgIpc) is 2.52. The van der Waals surface area contributed by atoms with Crippen LogP contribution in [0.4, 0.5) is 0 Å². The summed E-state index contributed by atoms with van der Waals surface area (Å²) in [5, 5.41) is 10.0. The van der Waals surface area contributed by atoms with E-state index >= 15 is 0 Å². The monoisotopic (exact) mass is 301 g/mol. The molecule has 118 valence electrons. The molecule has 0 saturated carbocycles. The number of carboxylic acid groups (broad SMARTS) is 1. The molecule has 1 aromatic heterocycles. The molecule has 4 heteroatoms. The van der Waals surface area contributed by atoms with Gasteiger partial charge in [-0.1, -0.05) is 33.1 Å². The fraction of sp³-hybridized carbons (Fsp3) is 0.444. The molecule has 22 heavy (non-hydrogen) atoms. The second-order valence-corrected chi connectivity index (χ2v) is 5.62. The summed E-state index contributed by atoms with van der Waals surface area (Å²) >= 11 is 0. The van der Waals surface area contributed by atoms with Gasteiger partial charge in [-0.15, -0.1) is 0 Å². The van der Waals surface area contributed by atoms with Gasteiger partial charge in [0, 0.05) is 12.6 Å². The number of carboxylic acids is 1. The van der Waals surface area contributed by atoms with Gasteiger partial charge in [0.1, 0.15) is 0 Å². The van der Waals surface area contributed by atoms with Gasteiger partial charge in [-0.25, -0.2) is 4.79 Å². The average molecular weight is 301 g/mol. The van der Waals surface area contributed by atoms with Crippen molar-refractivity contribution in [1.82, 2.24) is 4.57 Å². The van der Waals surface area contributed by atoms with Gasteiger partial charge < -0.3 is 9.67 Å². The minimum Gasteiger partial charge on any atom is -0.478 e. The Bertz CT molecular complexity index is 731. The maximum atomic E-state index is 12.2. The number of hydrogen-bond acceptors (Lipinski definition) is 2. The van der Waals surface area contributed by atoms with E-state index in [4.69, 9.17) is 0 Å². The molecule has 0 radical (unpaired) electrons. The summed E-state index contributed by atoms with van der Waals surface area (Å²) in [5.74, 6) is -0.933. The van der Waals surface area contributed by atoms with Crippen LogP contribution in [-0.2, 0) is 13.0 Å². The van der Waals surface area contributed by atoms with Crippen LogP contribution in [0.25, 0.3) is 10.9 Å². The van der Waals surface area contributed by atoms with Crippen molar-refractivity contribution in [3.63, 3.8) is 0 Å². The van der Waals surface area contributed by atoms with E-state index in [1.54, 1.807) is 22.8 Å². The lowest BCUT2D eigenvalue weighted by atomic mass is 10.0. The minimum absolute atomic E-state index is 0.0122. The minimum atomic E-state index is -0.933. The molecule has 0 spiro atoms. The van der Waals surface area contributed by atoms with Crippen molar-refractivity contribution in [1.29, 1.82) is 0 Å². The summed E-state index contributed by atoms with van der Waals surface area (Å²) in [6.45, 7) is 4.83. The number of hydrogen-bond donors (Lipinski definition) is 1. The summed E-state index contributed by atoms with van der Waals surface area (Å²) in [6, 6.07) is 6.60. The summed E-state index contributed by atoms with van der Waals surface area (Å²) in [7, 11) is 0. The largest absolute Gasteiger partial charge is 0.478 e. The molecule has 0 fully saturated rings. The van der Waals surface area contributed by atoms with E-state index in [9.17, 15) is 14.7 Å². The van der Waals surface area contributed by atoms with Crippen LogP contribution in [0.15, 0.2) is 29.1 Å². The van der Waals surface area contributed by atoms with Gasteiger partial charge in [-0.05, 0) is 42.0 Å². The summed E-state index contributed by atoms with van der Waals surface area (Å²) < 4.78 is 1.80. The zero-order valence-electron chi connectivity index (χ0n) is 13.3. The van der Waals surface area contributed by atoms with Crippen LogP contribution < -0.4 is 5.56 Å². The first kappa shape index (κ1) is 16.3. The summed E-state index contributed by atoms with van der Waals surface area (Å²) in [5.41, 5.74) is 2.07. The molecule has 0 unspecified atom stereocenters. The van der Waals surface area contributed by atoms with E-state index in [-0.39, 0.29) is 11.1 Å². The second-order valence-electron chi connectivity index (χ2n) is 5.62. The number of benzene rings is 1. The van der Waals surface area contributed by atoms with Gasteiger partial charge in [0.25, 0.3) is 5.56 Å². The molecule has 1 heterocycles. The zero-order chi connectivity index (χ0) is 16.1. The van der Waals surface area contributed by atoms with Gasteiger partial charge in [0.05, 0.1) is 11.1 Å². The van der Waals surface area contributed by atoms with E-state index in [1.807, 2.05) is 6.92 Å². The van der Waals surface area contributed by atoms with Crippen molar-refractivity contribution >= 4 is 16.9 Å². The number of carbonyl (C=O) groups is 1. The molecule has 0 saturated heterocycles. The molecule has 0 aliphatic heterocycles. The van der Waals surface area contributed by atoms with E-state index in [0.29, 0.717) is 13.0 Å².